The SMILES string of the molecule is CC(C)(C)NS(=O)(=O)c1ccccc1-c1ccc(NC(=O)C2(CNS(C)(=O)=O)CC(c3ccc(F)c(C#N)c3)=NO2)nc1. The first-order valence-corrected chi connectivity index (χ1v) is 16.2. The van der Waals surface area contributed by atoms with Crippen LogP contribution in [0.2, 0.25) is 0 Å². The Hall–Kier alpha value is -4.23. The zero-order valence-electron chi connectivity index (χ0n) is 23.7. The Morgan fingerprint density at radius 3 is 2.42 bits per heavy atom. The number of carbonyl (C=O) groups is 1. The summed E-state index contributed by atoms with van der Waals surface area (Å²) in [4.78, 5) is 23.3. The van der Waals surface area contributed by atoms with Gasteiger partial charge in [0.1, 0.15) is 17.7 Å². The molecule has 1 amide bonds. The number of amides is 1. The number of oxime groups is 1. The molecule has 0 fully saturated rings. The number of anilines is 1. The van der Waals surface area contributed by atoms with Crippen molar-refractivity contribution in [1.29, 1.82) is 5.26 Å². The van der Waals surface area contributed by atoms with Gasteiger partial charge in [-0.3, -0.25) is 4.79 Å². The third-order valence-electron chi connectivity index (χ3n) is 6.17. The Bertz CT molecular complexity index is 1850. The van der Waals surface area contributed by atoms with Gasteiger partial charge in [-0.15, -0.1) is 0 Å². The standard InChI is InChI=1S/C28H29FN6O6S2/c1-27(2,3)35-43(39,40)24-8-6-5-7-21(24)19-10-12-25(31-16-19)33-26(36)28(17-32-42(4,37)38)14-23(34-41-28)18-9-11-22(29)20(13-18)15-30/h5-13,16,32,35H,14,17H2,1-4H3,(H,31,33,36). The van der Waals surface area contributed by atoms with Gasteiger partial charge in [0.25, 0.3) is 5.91 Å². The van der Waals surface area contributed by atoms with Gasteiger partial charge in [0.05, 0.1) is 29.0 Å². The highest BCUT2D eigenvalue weighted by molar-refractivity contribution is 7.89. The maximum atomic E-state index is 13.8. The fourth-order valence-electron chi connectivity index (χ4n) is 4.22. The summed E-state index contributed by atoms with van der Waals surface area (Å²) in [6.45, 7) is 4.71. The number of hydrogen-bond acceptors (Lipinski definition) is 9. The van der Waals surface area contributed by atoms with Crippen LogP contribution < -0.4 is 14.8 Å². The van der Waals surface area contributed by atoms with Crippen molar-refractivity contribution in [3.63, 3.8) is 0 Å². The summed E-state index contributed by atoms with van der Waals surface area (Å²) >= 11 is 0. The van der Waals surface area contributed by atoms with Crippen LogP contribution in [-0.4, -0.2) is 57.4 Å². The number of halogens is 1. The molecule has 15 heteroatoms. The lowest BCUT2D eigenvalue weighted by Crippen LogP contribution is -2.51. The highest BCUT2D eigenvalue weighted by atomic mass is 32.2. The minimum Gasteiger partial charge on any atom is -0.377 e. The van der Waals surface area contributed by atoms with Crippen molar-refractivity contribution in [3.05, 3.63) is 77.7 Å². The van der Waals surface area contributed by atoms with E-state index in [0.29, 0.717) is 16.7 Å². The maximum absolute atomic E-state index is 13.8. The number of hydrogen-bond donors (Lipinski definition) is 3. The topological polar surface area (TPSA) is 180 Å². The summed E-state index contributed by atoms with van der Waals surface area (Å²) in [5.74, 6) is -1.43. The molecule has 0 bridgehead atoms. The number of nitriles is 1. The number of rotatable bonds is 9. The fraction of sp³-hybridized carbons (Fsp3) is 0.286. The minimum absolute atomic E-state index is 0.0543. The quantitative estimate of drug-likeness (QED) is 0.324. The van der Waals surface area contributed by atoms with E-state index in [9.17, 15) is 26.0 Å². The van der Waals surface area contributed by atoms with Crippen molar-refractivity contribution >= 4 is 37.5 Å². The second-order valence-corrected chi connectivity index (χ2v) is 14.4. The van der Waals surface area contributed by atoms with E-state index in [1.54, 1.807) is 51.1 Å². The molecular formula is C28H29FN6O6S2. The Balaban J connectivity index is 1.59. The molecular weight excluding hydrogens is 599 g/mol. The monoisotopic (exact) mass is 628 g/mol. The molecule has 4 rings (SSSR count). The molecule has 0 saturated carbocycles. The number of benzene rings is 2. The number of nitrogens with one attached hydrogen (secondary N) is 3. The Labute approximate surface area is 249 Å². The minimum atomic E-state index is -3.87. The molecule has 0 spiro atoms. The summed E-state index contributed by atoms with van der Waals surface area (Å²) < 4.78 is 68.6. The van der Waals surface area contributed by atoms with Crippen LogP contribution in [-0.2, 0) is 29.7 Å². The van der Waals surface area contributed by atoms with Crippen molar-refractivity contribution in [3.8, 4) is 17.2 Å². The van der Waals surface area contributed by atoms with Gasteiger partial charge in [0.15, 0.2) is 0 Å². The summed E-state index contributed by atoms with van der Waals surface area (Å²) in [7, 11) is -7.61. The smallest absolute Gasteiger partial charge is 0.274 e. The number of nitrogens with zero attached hydrogens (tertiary/aromatic N) is 3. The van der Waals surface area contributed by atoms with Crippen LogP contribution in [0, 0.1) is 17.1 Å². The normalized spacial score (nSPS) is 17.1. The van der Waals surface area contributed by atoms with E-state index < -0.39 is 49.5 Å². The summed E-state index contributed by atoms with van der Waals surface area (Å²) in [6, 6.07) is 14.9. The summed E-state index contributed by atoms with van der Waals surface area (Å²) in [5.41, 5.74) is -1.39. The predicted molar refractivity (Wildman–Crippen MR) is 157 cm³/mol. The number of pyridine rings is 1. The van der Waals surface area contributed by atoms with Gasteiger partial charge in [0.2, 0.25) is 25.6 Å². The molecule has 226 valence electrons. The van der Waals surface area contributed by atoms with Gasteiger partial charge in [-0.25, -0.2) is 35.7 Å². The third kappa shape index (κ3) is 7.59. The predicted octanol–water partition coefficient (Wildman–Crippen LogP) is 2.89. The summed E-state index contributed by atoms with van der Waals surface area (Å²) in [6.07, 6.45) is 2.10. The first-order chi connectivity index (χ1) is 20.0. The second kappa shape index (κ2) is 11.8. The third-order valence-corrected chi connectivity index (χ3v) is 8.66. The van der Waals surface area contributed by atoms with Gasteiger partial charge in [0, 0.05) is 34.8 Å². The van der Waals surface area contributed by atoms with Crippen molar-refractivity contribution in [2.75, 3.05) is 18.1 Å². The molecule has 0 aliphatic carbocycles. The Morgan fingerprint density at radius 1 is 1.09 bits per heavy atom. The first kappa shape index (κ1) is 31.7. The molecule has 3 aromatic rings. The highest BCUT2D eigenvalue weighted by Gasteiger charge is 2.47. The molecule has 2 heterocycles. The van der Waals surface area contributed by atoms with Crippen molar-refractivity contribution in [1.82, 2.24) is 14.4 Å². The van der Waals surface area contributed by atoms with Gasteiger partial charge < -0.3 is 10.2 Å². The van der Waals surface area contributed by atoms with E-state index in [0.717, 1.165) is 12.3 Å². The number of aromatic nitrogens is 1. The molecule has 1 aliphatic heterocycles. The van der Waals surface area contributed by atoms with Gasteiger partial charge in [-0.2, -0.15) is 5.26 Å². The molecule has 12 nitrogen and oxygen atoms in total. The van der Waals surface area contributed by atoms with Crippen LogP contribution in [0.15, 0.2) is 70.8 Å². The Morgan fingerprint density at radius 2 is 1.79 bits per heavy atom. The van der Waals surface area contributed by atoms with E-state index >= 15 is 0 Å². The zero-order chi connectivity index (χ0) is 31.6. The van der Waals surface area contributed by atoms with Crippen LogP contribution in [0.4, 0.5) is 10.2 Å². The summed E-state index contributed by atoms with van der Waals surface area (Å²) in [5, 5.41) is 15.7. The Kier molecular flexibility index (Phi) is 8.70. The van der Waals surface area contributed by atoms with Crippen LogP contribution >= 0.6 is 0 Å². The van der Waals surface area contributed by atoms with Crippen LogP contribution in [0.25, 0.3) is 11.1 Å². The second-order valence-electron chi connectivity index (χ2n) is 10.9. The largest absolute Gasteiger partial charge is 0.377 e. The van der Waals surface area contributed by atoms with E-state index in [-0.39, 0.29) is 28.4 Å². The van der Waals surface area contributed by atoms with Crippen LogP contribution in [0.1, 0.15) is 38.3 Å². The van der Waals surface area contributed by atoms with Gasteiger partial charge in [-0.05, 0) is 51.1 Å². The van der Waals surface area contributed by atoms with Crippen molar-refractivity contribution in [2.24, 2.45) is 5.16 Å². The average Bonchev–Trinajstić information content (AvgIpc) is 3.37. The highest BCUT2D eigenvalue weighted by Crippen LogP contribution is 2.31. The van der Waals surface area contributed by atoms with Crippen molar-refractivity contribution < 1.29 is 30.9 Å². The van der Waals surface area contributed by atoms with Crippen LogP contribution in [0.3, 0.4) is 0 Å². The van der Waals surface area contributed by atoms with E-state index in [1.807, 2.05) is 0 Å². The molecule has 1 aliphatic rings. The lowest BCUT2D eigenvalue weighted by molar-refractivity contribution is -0.137. The number of carbonyl (C=O) groups excluding carboxylic acids is 1. The molecule has 1 atom stereocenters. The maximum Gasteiger partial charge on any atom is 0.274 e. The molecule has 1 aromatic heterocycles. The molecule has 0 saturated heterocycles. The molecule has 3 N–H and O–H groups in total. The molecule has 43 heavy (non-hydrogen) atoms. The lowest BCUT2D eigenvalue weighted by Gasteiger charge is -2.25. The zero-order valence-corrected chi connectivity index (χ0v) is 25.3. The fourth-order valence-corrected chi connectivity index (χ4v) is 6.37. The van der Waals surface area contributed by atoms with Gasteiger partial charge in [-0.1, -0.05) is 29.4 Å². The molecule has 0 radical (unpaired) electrons. The number of sulfonamides is 2. The van der Waals surface area contributed by atoms with E-state index in [4.69, 9.17) is 10.1 Å². The van der Waals surface area contributed by atoms with Crippen molar-refractivity contribution in [2.45, 2.75) is 43.2 Å². The van der Waals surface area contributed by atoms with Crippen LogP contribution in [0.5, 0.6) is 0 Å². The van der Waals surface area contributed by atoms with E-state index in [2.05, 4.69) is 24.9 Å². The molecule has 2 aromatic carbocycles. The molecule has 1 unspecified atom stereocenters. The first-order valence-electron chi connectivity index (χ1n) is 12.8. The van der Waals surface area contributed by atoms with E-state index in [1.165, 1.54) is 30.5 Å². The average molecular weight is 629 g/mol. The van der Waals surface area contributed by atoms with Gasteiger partial charge >= 0.3 is 0 Å². The lowest BCUT2D eigenvalue weighted by atomic mass is 9.92.